The van der Waals surface area contributed by atoms with Crippen LogP contribution in [0.5, 0.6) is 5.75 Å². The van der Waals surface area contributed by atoms with Crippen molar-refractivity contribution in [3.05, 3.63) is 58.1 Å². The van der Waals surface area contributed by atoms with Gasteiger partial charge < -0.3 is 4.74 Å². The second kappa shape index (κ2) is 10.3. The zero-order valence-corrected chi connectivity index (χ0v) is 21.5. The Morgan fingerprint density at radius 1 is 1.09 bits per heavy atom. The normalized spacial score (nSPS) is 26.1. The van der Waals surface area contributed by atoms with Crippen LogP contribution in [0.1, 0.15) is 37.8 Å². The maximum Gasteiger partial charge on any atom is 0.282 e. The minimum atomic E-state index is -0.187. The first-order chi connectivity index (χ1) is 15.9. The number of benzene rings is 2. The SMILES string of the molecule is COc1ccc(C2C(C)C(C(=O)NN3CC4CCCC4C3)=NN2c2ccc(Cl)cc2Cl)cc1.Cl. The molecule has 0 radical (unpaired) electrons. The molecule has 6 nitrogen and oxygen atoms in total. The molecule has 4 unspecified atom stereocenters. The number of hydrazone groups is 1. The van der Waals surface area contributed by atoms with Crippen LogP contribution >= 0.6 is 35.6 Å². The van der Waals surface area contributed by atoms with Crippen LogP contribution in [0.3, 0.4) is 0 Å². The van der Waals surface area contributed by atoms with E-state index >= 15 is 0 Å². The Bertz CT molecular complexity index is 1070. The maximum absolute atomic E-state index is 13.3. The van der Waals surface area contributed by atoms with Gasteiger partial charge in [0.1, 0.15) is 11.5 Å². The summed E-state index contributed by atoms with van der Waals surface area (Å²) in [5.74, 6) is 1.88. The van der Waals surface area contributed by atoms with Gasteiger partial charge in [-0.1, -0.05) is 48.7 Å². The maximum atomic E-state index is 13.3. The zero-order valence-electron chi connectivity index (χ0n) is 19.2. The summed E-state index contributed by atoms with van der Waals surface area (Å²) < 4.78 is 5.32. The lowest BCUT2D eigenvalue weighted by atomic mass is 9.91. The van der Waals surface area contributed by atoms with Gasteiger partial charge in [0.25, 0.3) is 5.91 Å². The summed E-state index contributed by atoms with van der Waals surface area (Å²) in [7, 11) is 1.64. The fourth-order valence-corrected chi connectivity index (χ4v) is 6.01. The van der Waals surface area contributed by atoms with Gasteiger partial charge in [0.05, 0.1) is 23.9 Å². The van der Waals surface area contributed by atoms with Crippen LogP contribution in [0.2, 0.25) is 10.0 Å². The number of halogens is 3. The number of anilines is 1. The monoisotopic (exact) mass is 522 g/mol. The predicted molar refractivity (Wildman–Crippen MR) is 139 cm³/mol. The first-order valence-corrected chi connectivity index (χ1v) is 12.2. The number of hydrazine groups is 1. The van der Waals surface area contributed by atoms with Crippen molar-refractivity contribution in [2.45, 2.75) is 32.2 Å². The molecule has 1 N–H and O–H groups in total. The summed E-state index contributed by atoms with van der Waals surface area (Å²) in [5, 5.41) is 9.76. The minimum Gasteiger partial charge on any atom is -0.497 e. The molecular weight excluding hydrogens is 495 g/mol. The van der Waals surface area contributed by atoms with Gasteiger partial charge in [0, 0.05) is 24.0 Å². The van der Waals surface area contributed by atoms with Crippen molar-refractivity contribution in [2.75, 3.05) is 25.2 Å². The Hall–Kier alpha value is -1.99. The third-order valence-corrected chi connectivity index (χ3v) is 7.75. The van der Waals surface area contributed by atoms with Crippen molar-refractivity contribution in [1.29, 1.82) is 0 Å². The summed E-state index contributed by atoms with van der Waals surface area (Å²) in [6.45, 7) is 3.88. The molecule has 4 atom stereocenters. The molecule has 1 saturated carbocycles. The molecule has 2 fully saturated rings. The van der Waals surface area contributed by atoms with Gasteiger partial charge in [0.15, 0.2) is 0 Å². The van der Waals surface area contributed by atoms with Crippen molar-refractivity contribution in [2.24, 2.45) is 22.9 Å². The van der Waals surface area contributed by atoms with Crippen LogP contribution in [-0.2, 0) is 4.79 Å². The molecule has 0 bridgehead atoms. The Morgan fingerprint density at radius 3 is 2.38 bits per heavy atom. The number of carbonyl (C=O) groups excluding carboxylic acids is 1. The first-order valence-electron chi connectivity index (χ1n) is 11.5. The fourth-order valence-electron chi connectivity index (χ4n) is 5.51. The van der Waals surface area contributed by atoms with Gasteiger partial charge in [0.2, 0.25) is 0 Å². The van der Waals surface area contributed by atoms with E-state index in [0.29, 0.717) is 33.3 Å². The van der Waals surface area contributed by atoms with Gasteiger partial charge in [-0.15, -0.1) is 12.4 Å². The van der Waals surface area contributed by atoms with Crippen molar-refractivity contribution < 1.29 is 9.53 Å². The van der Waals surface area contributed by atoms with Crippen LogP contribution in [0, 0.1) is 17.8 Å². The topological polar surface area (TPSA) is 57.2 Å². The molecule has 34 heavy (non-hydrogen) atoms. The van der Waals surface area contributed by atoms with E-state index < -0.39 is 0 Å². The highest BCUT2D eigenvalue weighted by molar-refractivity contribution is 6.41. The molecular formula is C25H29Cl3N4O2. The minimum absolute atomic E-state index is 0. The summed E-state index contributed by atoms with van der Waals surface area (Å²) in [4.78, 5) is 13.3. The summed E-state index contributed by atoms with van der Waals surface area (Å²) >= 11 is 12.7. The summed E-state index contributed by atoms with van der Waals surface area (Å²) in [5.41, 5.74) is 5.37. The number of hydrogen-bond donors (Lipinski definition) is 1. The van der Waals surface area contributed by atoms with E-state index in [1.807, 2.05) is 42.3 Å². The Balaban J connectivity index is 0.00000274. The molecule has 9 heteroatoms. The number of nitrogens with one attached hydrogen (secondary N) is 1. The lowest BCUT2D eigenvalue weighted by molar-refractivity contribution is -0.119. The largest absolute Gasteiger partial charge is 0.497 e. The number of methoxy groups -OCH3 is 1. The Kier molecular flexibility index (Phi) is 7.63. The summed E-state index contributed by atoms with van der Waals surface area (Å²) in [6.07, 6.45) is 3.83. The second-order valence-electron chi connectivity index (χ2n) is 9.23. The molecule has 1 saturated heterocycles. The highest BCUT2D eigenvalue weighted by Gasteiger charge is 2.42. The van der Waals surface area contributed by atoms with Gasteiger partial charge >= 0.3 is 0 Å². The van der Waals surface area contributed by atoms with Crippen LogP contribution < -0.4 is 15.2 Å². The van der Waals surface area contributed by atoms with Gasteiger partial charge in [-0.2, -0.15) is 5.10 Å². The number of nitrogens with zero attached hydrogens (tertiary/aromatic N) is 3. The van der Waals surface area contributed by atoms with Gasteiger partial charge in [-0.05, 0) is 60.6 Å². The van der Waals surface area contributed by atoms with E-state index in [9.17, 15) is 4.79 Å². The lowest BCUT2D eigenvalue weighted by Crippen LogP contribution is -2.45. The number of carbonyl (C=O) groups is 1. The average molecular weight is 524 g/mol. The number of rotatable bonds is 5. The Labute approximate surface area is 216 Å². The number of fused-ring (bicyclic) bond motifs is 1. The van der Waals surface area contributed by atoms with Crippen molar-refractivity contribution >= 4 is 52.9 Å². The van der Waals surface area contributed by atoms with E-state index in [1.54, 1.807) is 19.2 Å². The Morgan fingerprint density at radius 2 is 1.76 bits per heavy atom. The molecule has 0 aromatic heterocycles. The molecule has 2 aromatic rings. The van der Waals surface area contributed by atoms with Crippen LogP contribution in [-0.4, -0.2) is 36.8 Å². The molecule has 5 rings (SSSR count). The van der Waals surface area contributed by atoms with E-state index in [4.69, 9.17) is 33.0 Å². The van der Waals surface area contributed by atoms with Crippen LogP contribution in [0.15, 0.2) is 47.6 Å². The van der Waals surface area contributed by atoms with Crippen molar-refractivity contribution in [3.8, 4) is 5.75 Å². The highest BCUT2D eigenvalue weighted by Crippen LogP contribution is 2.43. The lowest BCUT2D eigenvalue weighted by Gasteiger charge is -2.27. The number of hydrogen-bond acceptors (Lipinski definition) is 5. The number of ether oxygens (including phenoxy) is 1. The van der Waals surface area contributed by atoms with E-state index in [1.165, 1.54) is 19.3 Å². The quantitative estimate of drug-likeness (QED) is 0.543. The van der Waals surface area contributed by atoms with Crippen LogP contribution in [0.4, 0.5) is 5.69 Å². The third-order valence-electron chi connectivity index (χ3n) is 7.22. The molecule has 1 aliphatic carbocycles. The van der Waals surface area contributed by atoms with Gasteiger partial charge in [-0.25, -0.2) is 5.01 Å². The molecule has 2 heterocycles. The molecule has 3 aliphatic rings. The van der Waals surface area contributed by atoms with Crippen LogP contribution in [0.25, 0.3) is 0 Å². The van der Waals surface area contributed by atoms with E-state index in [2.05, 4.69) is 10.4 Å². The summed E-state index contributed by atoms with van der Waals surface area (Å²) in [6, 6.07) is 13.0. The molecule has 0 spiro atoms. The predicted octanol–water partition coefficient (Wildman–Crippen LogP) is 5.74. The van der Waals surface area contributed by atoms with Gasteiger partial charge in [-0.3, -0.25) is 15.2 Å². The van der Waals surface area contributed by atoms with Crippen molar-refractivity contribution in [3.63, 3.8) is 0 Å². The first kappa shape index (κ1) is 25.1. The fraction of sp³-hybridized carbons (Fsp3) is 0.440. The molecule has 2 aromatic carbocycles. The molecule has 182 valence electrons. The standard InChI is InChI=1S/C25H28Cl2N4O2.ClH/c1-15-23(25(32)29-30-13-17-4-3-5-18(17)14-30)28-31(22-11-8-19(26)12-21(22)27)24(15)16-6-9-20(33-2)10-7-16;/h6-12,15,17-18,24H,3-5,13-14H2,1-2H3,(H,29,32);1H. The average Bonchev–Trinajstić information content (AvgIpc) is 3.47. The number of amides is 1. The zero-order chi connectivity index (χ0) is 23.1. The van der Waals surface area contributed by atoms with E-state index in [0.717, 1.165) is 24.4 Å². The molecule has 2 aliphatic heterocycles. The third kappa shape index (κ3) is 4.74. The molecule has 1 amide bonds. The smallest absolute Gasteiger partial charge is 0.282 e. The van der Waals surface area contributed by atoms with E-state index in [-0.39, 0.29) is 30.3 Å². The highest BCUT2D eigenvalue weighted by atomic mass is 35.5. The second-order valence-corrected chi connectivity index (χ2v) is 10.1. The van der Waals surface area contributed by atoms with Crippen molar-refractivity contribution in [1.82, 2.24) is 10.4 Å².